The van der Waals surface area contributed by atoms with Gasteiger partial charge in [-0.3, -0.25) is 14.3 Å². The minimum absolute atomic E-state index is 0.00424. The van der Waals surface area contributed by atoms with Crippen LogP contribution < -0.4 is 10.3 Å². The number of methoxy groups -OCH3 is 1. The molecular weight excluding hydrogens is 638 g/mol. The lowest BCUT2D eigenvalue weighted by atomic mass is 9.96. The third kappa shape index (κ3) is 5.24. The Kier molecular flexibility index (Phi) is 8.09. The van der Waals surface area contributed by atoms with Gasteiger partial charge in [-0.1, -0.05) is 12.6 Å². The first-order valence-electron chi connectivity index (χ1n) is 15.2. The molecule has 244 valence electrons. The molecule has 0 N–H and O–H groups in total. The summed E-state index contributed by atoms with van der Waals surface area (Å²) in [4.78, 5) is 36.9. The quantitative estimate of drug-likeness (QED) is 0.142. The molecule has 10 nitrogen and oxygen atoms in total. The molecule has 1 aliphatic rings. The molecule has 48 heavy (non-hydrogen) atoms. The van der Waals surface area contributed by atoms with Crippen molar-refractivity contribution in [3.63, 3.8) is 0 Å². The van der Waals surface area contributed by atoms with Crippen LogP contribution in [0.5, 0.6) is 5.75 Å². The number of thiophene rings is 1. The molecule has 2 aromatic carbocycles. The molecule has 0 saturated carbocycles. The highest BCUT2D eigenvalue weighted by Gasteiger charge is 2.31. The molecule has 0 unspecified atom stereocenters. The van der Waals surface area contributed by atoms with Crippen molar-refractivity contribution in [3.8, 4) is 39.5 Å². The highest BCUT2D eigenvalue weighted by molar-refractivity contribution is 7.18. The fourth-order valence-corrected chi connectivity index (χ4v) is 7.15. The Morgan fingerprint density at radius 2 is 1.92 bits per heavy atom. The number of hydrogen-bond donors (Lipinski definition) is 0. The largest absolute Gasteiger partial charge is 0.490 e. The van der Waals surface area contributed by atoms with E-state index in [-0.39, 0.29) is 42.0 Å². The van der Waals surface area contributed by atoms with Gasteiger partial charge in [0.1, 0.15) is 35.4 Å². The summed E-state index contributed by atoms with van der Waals surface area (Å²) in [6.45, 7) is 6.67. The Labute approximate surface area is 277 Å². The average molecular weight is 669 g/mol. The monoisotopic (exact) mass is 668 g/mol. The van der Waals surface area contributed by atoms with E-state index in [0.29, 0.717) is 62.3 Å². The fraction of sp³-hybridized carbons (Fsp3) is 0.229. The third-order valence-electron chi connectivity index (χ3n) is 8.57. The number of amides is 1. The molecule has 0 bridgehead atoms. The highest BCUT2D eigenvalue weighted by atomic mass is 32.1. The maximum Gasteiger partial charge on any atom is 0.260 e. The predicted molar refractivity (Wildman–Crippen MR) is 180 cm³/mol. The van der Waals surface area contributed by atoms with Gasteiger partial charge in [0.05, 0.1) is 53.4 Å². The maximum absolute atomic E-state index is 16.1. The summed E-state index contributed by atoms with van der Waals surface area (Å²) in [5.74, 6) is -1.81. The third-order valence-corrected chi connectivity index (χ3v) is 9.50. The van der Waals surface area contributed by atoms with Gasteiger partial charge in [0.25, 0.3) is 5.56 Å². The van der Waals surface area contributed by atoms with Gasteiger partial charge in [0.15, 0.2) is 0 Å². The summed E-state index contributed by atoms with van der Waals surface area (Å²) < 4.78 is 45.7. The zero-order chi connectivity index (χ0) is 33.7. The second-order valence-corrected chi connectivity index (χ2v) is 12.3. The van der Waals surface area contributed by atoms with Gasteiger partial charge in [-0.25, -0.2) is 18.7 Å². The van der Waals surface area contributed by atoms with E-state index in [9.17, 15) is 14.0 Å². The van der Waals surface area contributed by atoms with Gasteiger partial charge in [0.2, 0.25) is 5.91 Å². The van der Waals surface area contributed by atoms with Crippen LogP contribution in [0, 0.1) is 11.6 Å². The molecule has 0 spiro atoms. The first kappa shape index (κ1) is 31.3. The van der Waals surface area contributed by atoms with Crippen molar-refractivity contribution >= 4 is 38.2 Å². The fourth-order valence-electron chi connectivity index (χ4n) is 6.20. The van der Waals surface area contributed by atoms with E-state index in [0.717, 1.165) is 17.8 Å². The zero-order valence-electron chi connectivity index (χ0n) is 26.4. The minimum atomic E-state index is -0.826. The molecule has 0 fully saturated rings. The molecule has 7 rings (SSSR count). The second-order valence-electron chi connectivity index (χ2n) is 11.4. The lowest BCUT2D eigenvalue weighted by Crippen LogP contribution is -2.40. The number of aryl methyl sites for hydroxylation is 1. The van der Waals surface area contributed by atoms with Crippen molar-refractivity contribution in [2.24, 2.45) is 7.05 Å². The van der Waals surface area contributed by atoms with Crippen LogP contribution >= 0.6 is 11.3 Å². The summed E-state index contributed by atoms with van der Waals surface area (Å²) in [7, 11) is 3.15. The van der Waals surface area contributed by atoms with Crippen LogP contribution in [-0.2, 0) is 23.1 Å². The summed E-state index contributed by atoms with van der Waals surface area (Å²) in [5, 5.41) is 7.90. The Morgan fingerprint density at radius 1 is 1.08 bits per heavy atom. The SMILES string of the molecule is C=CC(=O)N1CCn2nc(-c3nc(-c4ccc5ncn(C)c(=O)c5c4)c4ccsc4c3-c3c(F)cc(F)cc3OCCOC)cc2[C@@H]1C. The number of fused-ring (bicyclic) bond motifs is 3. The maximum atomic E-state index is 16.1. The van der Waals surface area contributed by atoms with E-state index in [2.05, 4.69) is 11.6 Å². The number of carbonyl (C=O) groups is 1. The topological polar surface area (TPSA) is 104 Å². The number of benzene rings is 2. The van der Waals surface area contributed by atoms with Gasteiger partial charge < -0.3 is 18.9 Å². The summed E-state index contributed by atoms with van der Waals surface area (Å²) in [5.41, 5.74) is 3.48. The molecule has 4 aromatic heterocycles. The minimum Gasteiger partial charge on any atom is -0.490 e. The van der Waals surface area contributed by atoms with Crippen LogP contribution in [0.15, 0.2) is 71.6 Å². The number of rotatable bonds is 8. The van der Waals surface area contributed by atoms with E-state index in [1.165, 1.54) is 35.4 Å². The predicted octanol–water partition coefficient (Wildman–Crippen LogP) is 6.13. The van der Waals surface area contributed by atoms with E-state index >= 15 is 4.39 Å². The van der Waals surface area contributed by atoms with E-state index < -0.39 is 11.6 Å². The van der Waals surface area contributed by atoms with Gasteiger partial charge in [-0.2, -0.15) is 5.10 Å². The number of nitrogens with zero attached hydrogens (tertiary/aromatic N) is 6. The van der Waals surface area contributed by atoms with E-state index in [4.69, 9.17) is 19.6 Å². The molecule has 0 saturated heterocycles. The summed E-state index contributed by atoms with van der Waals surface area (Å²) >= 11 is 1.37. The van der Waals surface area contributed by atoms with E-state index in [1.54, 1.807) is 24.1 Å². The van der Waals surface area contributed by atoms with Crippen molar-refractivity contribution < 1.29 is 23.0 Å². The lowest BCUT2D eigenvalue weighted by molar-refractivity contribution is -0.129. The smallest absolute Gasteiger partial charge is 0.260 e. The number of pyridine rings is 1. The van der Waals surface area contributed by atoms with Crippen LogP contribution in [0.3, 0.4) is 0 Å². The Morgan fingerprint density at radius 3 is 2.71 bits per heavy atom. The Balaban J connectivity index is 1.52. The number of aromatic nitrogens is 5. The molecule has 0 aliphatic carbocycles. The van der Waals surface area contributed by atoms with Crippen LogP contribution in [0.2, 0.25) is 0 Å². The van der Waals surface area contributed by atoms with Crippen molar-refractivity contribution in [2.75, 3.05) is 26.9 Å². The van der Waals surface area contributed by atoms with Gasteiger partial charge in [0, 0.05) is 54.0 Å². The lowest BCUT2D eigenvalue weighted by Gasteiger charge is -2.33. The normalized spacial score (nSPS) is 14.4. The van der Waals surface area contributed by atoms with Gasteiger partial charge in [-0.15, -0.1) is 11.3 Å². The molecule has 6 aromatic rings. The van der Waals surface area contributed by atoms with Crippen LogP contribution in [0.25, 0.3) is 54.8 Å². The van der Waals surface area contributed by atoms with Crippen molar-refractivity contribution in [3.05, 3.63) is 94.5 Å². The standard InChI is InChI=1S/C35H30F2N6O4S/c1-5-29(44)42-9-10-43-27(19(42)2)17-26(40-43)33-31(30-24(37)15-21(36)16-28(30)47-12-11-46-4)34-22(8-13-48-34)32(39-33)20-6-7-25-23(14-20)35(45)41(3)18-38-25/h5-8,13-19H,1,9-12H2,2-4H3/t19-/m0/s1. The molecule has 1 atom stereocenters. The second kappa shape index (κ2) is 12.4. The van der Waals surface area contributed by atoms with Gasteiger partial charge in [-0.05, 0) is 42.6 Å². The molecule has 1 aliphatic heterocycles. The highest BCUT2D eigenvalue weighted by Crippen LogP contribution is 2.47. The number of ether oxygens (including phenoxy) is 2. The van der Waals surface area contributed by atoms with Crippen LogP contribution in [0.1, 0.15) is 18.7 Å². The summed E-state index contributed by atoms with van der Waals surface area (Å²) in [6.07, 6.45) is 2.76. The average Bonchev–Trinajstić information content (AvgIpc) is 3.74. The molecule has 13 heteroatoms. The molecule has 0 radical (unpaired) electrons. The van der Waals surface area contributed by atoms with E-state index in [1.807, 2.05) is 35.2 Å². The van der Waals surface area contributed by atoms with Gasteiger partial charge >= 0.3 is 0 Å². The Hall–Kier alpha value is -5.27. The number of hydrogen-bond acceptors (Lipinski definition) is 8. The van der Waals surface area contributed by atoms with Crippen LogP contribution in [-0.4, -0.2) is 62.0 Å². The zero-order valence-corrected chi connectivity index (χ0v) is 27.2. The molecular formula is C35H30F2N6O4S. The molecule has 1 amide bonds. The first-order valence-corrected chi connectivity index (χ1v) is 16.1. The number of carbonyl (C=O) groups excluding carboxylic acids is 1. The van der Waals surface area contributed by atoms with Crippen molar-refractivity contribution in [1.29, 1.82) is 0 Å². The van der Waals surface area contributed by atoms with Crippen LogP contribution in [0.4, 0.5) is 8.78 Å². The first-order chi connectivity index (χ1) is 23.2. The van der Waals surface area contributed by atoms with Crippen molar-refractivity contribution in [1.82, 2.24) is 29.2 Å². The summed E-state index contributed by atoms with van der Waals surface area (Å²) in [6, 6.07) is 10.7. The number of halogens is 2. The Bertz CT molecular complexity index is 2310. The van der Waals surface area contributed by atoms with Crippen molar-refractivity contribution in [2.45, 2.75) is 19.5 Å². The molecule has 5 heterocycles.